The Morgan fingerprint density at radius 1 is 1.41 bits per heavy atom. The normalized spacial score (nSPS) is 11.1. The molecule has 0 aliphatic carbocycles. The van der Waals surface area contributed by atoms with Crippen molar-refractivity contribution in [3.63, 3.8) is 0 Å². The third kappa shape index (κ3) is 2.40. The molecule has 7 nitrogen and oxygen atoms in total. The van der Waals surface area contributed by atoms with Gasteiger partial charge >= 0.3 is 0 Å². The van der Waals surface area contributed by atoms with E-state index in [2.05, 4.69) is 15.5 Å². The standard InChI is InChI=1S/C13H12ClN5O2S/c1-6-4-8-12(22-6)15-7(2)19(13(8)21)17-11(20)10-9(14)5-18(3)16-10/h4-5H,1-3H3,(H,17,20). The summed E-state index contributed by atoms with van der Waals surface area (Å²) in [4.78, 5) is 30.7. The fourth-order valence-electron chi connectivity index (χ4n) is 2.10. The van der Waals surface area contributed by atoms with Crippen LogP contribution in [-0.2, 0) is 7.05 Å². The Morgan fingerprint density at radius 3 is 2.77 bits per heavy atom. The summed E-state index contributed by atoms with van der Waals surface area (Å²) >= 11 is 7.37. The minimum absolute atomic E-state index is 0.0528. The fraction of sp³-hybridized carbons (Fsp3) is 0.231. The molecular weight excluding hydrogens is 326 g/mol. The monoisotopic (exact) mass is 337 g/mol. The average Bonchev–Trinajstić information content (AvgIpc) is 2.96. The van der Waals surface area contributed by atoms with Crippen molar-refractivity contribution in [3.05, 3.63) is 44.0 Å². The Labute approximate surface area is 134 Å². The molecule has 22 heavy (non-hydrogen) atoms. The maximum Gasteiger partial charge on any atom is 0.292 e. The molecule has 3 aromatic rings. The van der Waals surface area contributed by atoms with Crippen LogP contribution in [0.4, 0.5) is 0 Å². The van der Waals surface area contributed by atoms with Crippen molar-refractivity contribution in [1.29, 1.82) is 0 Å². The van der Waals surface area contributed by atoms with Crippen molar-refractivity contribution in [2.45, 2.75) is 13.8 Å². The van der Waals surface area contributed by atoms with Crippen LogP contribution in [0.2, 0.25) is 5.02 Å². The number of aromatic nitrogens is 4. The average molecular weight is 338 g/mol. The highest BCUT2D eigenvalue weighted by molar-refractivity contribution is 7.18. The first-order chi connectivity index (χ1) is 10.4. The van der Waals surface area contributed by atoms with Gasteiger partial charge in [-0.05, 0) is 19.9 Å². The van der Waals surface area contributed by atoms with E-state index in [1.807, 2.05) is 6.92 Å². The molecule has 9 heteroatoms. The number of halogens is 1. The molecule has 3 heterocycles. The van der Waals surface area contributed by atoms with Crippen LogP contribution in [0.25, 0.3) is 10.2 Å². The van der Waals surface area contributed by atoms with Gasteiger partial charge in [0, 0.05) is 18.1 Å². The lowest BCUT2D eigenvalue weighted by molar-refractivity contribution is 0.100. The molecule has 1 N–H and O–H groups in total. The van der Waals surface area contributed by atoms with Crippen molar-refractivity contribution in [2.75, 3.05) is 5.43 Å². The van der Waals surface area contributed by atoms with Crippen molar-refractivity contribution in [3.8, 4) is 0 Å². The Hall–Kier alpha value is -2.19. The van der Waals surface area contributed by atoms with Crippen molar-refractivity contribution >= 4 is 39.1 Å². The summed E-state index contributed by atoms with van der Waals surface area (Å²) in [6, 6.07) is 1.76. The van der Waals surface area contributed by atoms with Gasteiger partial charge in [-0.25, -0.2) is 9.66 Å². The van der Waals surface area contributed by atoms with E-state index < -0.39 is 5.91 Å². The van der Waals surface area contributed by atoms with Gasteiger partial charge in [-0.1, -0.05) is 11.6 Å². The van der Waals surface area contributed by atoms with E-state index in [1.165, 1.54) is 22.2 Å². The minimum atomic E-state index is -0.566. The molecule has 3 rings (SSSR count). The summed E-state index contributed by atoms with van der Waals surface area (Å²) in [5, 5.41) is 4.66. The Kier molecular flexibility index (Phi) is 3.50. The molecular formula is C13H12ClN5O2S. The number of aryl methyl sites for hydroxylation is 3. The Bertz CT molecular complexity index is 955. The largest absolute Gasteiger partial charge is 0.292 e. The van der Waals surface area contributed by atoms with Crippen LogP contribution in [0, 0.1) is 13.8 Å². The van der Waals surface area contributed by atoms with E-state index in [9.17, 15) is 9.59 Å². The predicted molar refractivity (Wildman–Crippen MR) is 85.3 cm³/mol. The molecule has 114 valence electrons. The number of carbonyl (C=O) groups excluding carboxylic acids is 1. The maximum atomic E-state index is 12.5. The molecule has 3 aromatic heterocycles. The lowest BCUT2D eigenvalue weighted by Crippen LogP contribution is -2.35. The predicted octanol–water partition coefficient (Wildman–Crippen LogP) is 1.85. The van der Waals surface area contributed by atoms with Gasteiger partial charge in [0.25, 0.3) is 11.5 Å². The molecule has 0 fully saturated rings. The highest BCUT2D eigenvalue weighted by Crippen LogP contribution is 2.20. The third-order valence-corrected chi connectivity index (χ3v) is 4.29. The summed E-state index contributed by atoms with van der Waals surface area (Å²) < 4.78 is 2.54. The number of nitrogens with zero attached hydrogens (tertiary/aromatic N) is 4. The van der Waals surface area contributed by atoms with Gasteiger partial charge in [0.05, 0.1) is 10.4 Å². The van der Waals surface area contributed by atoms with Gasteiger partial charge in [-0.15, -0.1) is 11.3 Å². The second-order valence-electron chi connectivity index (χ2n) is 4.82. The van der Waals surface area contributed by atoms with Crippen LogP contribution in [0.1, 0.15) is 21.2 Å². The molecule has 1 amide bonds. The molecule has 0 radical (unpaired) electrons. The highest BCUT2D eigenvalue weighted by Gasteiger charge is 2.18. The molecule has 0 saturated carbocycles. The molecule has 0 atom stereocenters. The zero-order valence-electron chi connectivity index (χ0n) is 12.0. The smallest absolute Gasteiger partial charge is 0.273 e. The van der Waals surface area contributed by atoms with Crippen LogP contribution in [0.15, 0.2) is 17.1 Å². The van der Waals surface area contributed by atoms with Crippen LogP contribution >= 0.6 is 22.9 Å². The number of carbonyl (C=O) groups is 1. The van der Waals surface area contributed by atoms with E-state index >= 15 is 0 Å². The summed E-state index contributed by atoms with van der Waals surface area (Å²) in [6.45, 7) is 3.55. The van der Waals surface area contributed by atoms with Gasteiger partial charge in [-0.2, -0.15) is 5.10 Å². The summed E-state index contributed by atoms with van der Waals surface area (Å²) in [7, 11) is 1.65. The lowest BCUT2D eigenvalue weighted by Gasteiger charge is -2.09. The van der Waals surface area contributed by atoms with E-state index in [1.54, 1.807) is 20.0 Å². The van der Waals surface area contributed by atoms with Gasteiger partial charge in [0.2, 0.25) is 0 Å². The van der Waals surface area contributed by atoms with Gasteiger partial charge in [-0.3, -0.25) is 19.7 Å². The molecule has 0 aliphatic rings. The number of hydrogen-bond acceptors (Lipinski definition) is 5. The quantitative estimate of drug-likeness (QED) is 0.773. The SMILES string of the molecule is Cc1cc2c(=O)n(NC(=O)c3nn(C)cc3Cl)c(C)nc2s1. The number of fused-ring (bicyclic) bond motifs is 1. The molecule has 0 saturated heterocycles. The molecule has 0 aromatic carbocycles. The first-order valence-electron chi connectivity index (χ1n) is 6.37. The fourth-order valence-corrected chi connectivity index (χ4v) is 3.28. The second-order valence-corrected chi connectivity index (χ2v) is 6.46. The molecule has 0 spiro atoms. The van der Waals surface area contributed by atoms with Crippen LogP contribution in [0.3, 0.4) is 0 Å². The first kappa shape index (κ1) is 14.7. The number of rotatable bonds is 2. The Balaban J connectivity index is 2.05. The van der Waals surface area contributed by atoms with E-state index in [0.717, 1.165) is 9.55 Å². The first-order valence-corrected chi connectivity index (χ1v) is 7.56. The lowest BCUT2D eigenvalue weighted by atomic mass is 10.3. The zero-order valence-corrected chi connectivity index (χ0v) is 13.6. The molecule has 0 aliphatic heterocycles. The number of thiophene rings is 1. The van der Waals surface area contributed by atoms with Crippen LogP contribution in [-0.4, -0.2) is 25.3 Å². The van der Waals surface area contributed by atoms with E-state index in [-0.39, 0.29) is 16.3 Å². The highest BCUT2D eigenvalue weighted by atomic mass is 35.5. The number of nitrogens with one attached hydrogen (secondary N) is 1. The van der Waals surface area contributed by atoms with Crippen LogP contribution in [0.5, 0.6) is 0 Å². The van der Waals surface area contributed by atoms with Crippen molar-refractivity contribution in [1.82, 2.24) is 19.4 Å². The maximum absolute atomic E-state index is 12.5. The topological polar surface area (TPSA) is 81.8 Å². The van der Waals surface area contributed by atoms with Gasteiger partial charge in [0.1, 0.15) is 10.7 Å². The Morgan fingerprint density at radius 2 is 2.14 bits per heavy atom. The summed E-state index contributed by atoms with van der Waals surface area (Å²) in [5.41, 5.74) is 2.22. The van der Waals surface area contributed by atoms with Crippen LogP contribution < -0.4 is 11.0 Å². The summed E-state index contributed by atoms with van der Waals surface area (Å²) in [5.74, 6) is -0.177. The zero-order chi connectivity index (χ0) is 16.0. The minimum Gasteiger partial charge on any atom is -0.273 e. The van der Waals surface area contributed by atoms with E-state index in [4.69, 9.17) is 11.6 Å². The molecule has 0 unspecified atom stereocenters. The van der Waals surface area contributed by atoms with Gasteiger partial charge < -0.3 is 0 Å². The number of amides is 1. The molecule has 0 bridgehead atoms. The summed E-state index contributed by atoms with van der Waals surface area (Å²) in [6.07, 6.45) is 1.51. The third-order valence-electron chi connectivity index (χ3n) is 3.07. The second kappa shape index (κ2) is 5.22. The van der Waals surface area contributed by atoms with E-state index in [0.29, 0.717) is 16.0 Å². The van der Waals surface area contributed by atoms with Crippen molar-refractivity contribution in [2.24, 2.45) is 7.05 Å². The van der Waals surface area contributed by atoms with Gasteiger partial charge in [0.15, 0.2) is 5.69 Å². The number of hydrogen-bond donors (Lipinski definition) is 1. The van der Waals surface area contributed by atoms with Crippen molar-refractivity contribution < 1.29 is 4.79 Å².